The number of ketones is 2. The molecular formula is C41H27Cl2NO4. The van der Waals surface area contributed by atoms with Crippen molar-refractivity contribution in [1.29, 1.82) is 0 Å². The van der Waals surface area contributed by atoms with Crippen LogP contribution in [0.1, 0.15) is 39.5 Å². The number of benzene rings is 5. The van der Waals surface area contributed by atoms with E-state index in [2.05, 4.69) is 0 Å². The highest BCUT2D eigenvalue weighted by molar-refractivity contribution is 6.39. The van der Waals surface area contributed by atoms with E-state index in [4.69, 9.17) is 23.2 Å². The van der Waals surface area contributed by atoms with Gasteiger partial charge in [-0.2, -0.15) is 0 Å². The van der Waals surface area contributed by atoms with E-state index in [1.807, 2.05) is 60.7 Å². The van der Waals surface area contributed by atoms with Gasteiger partial charge in [0.2, 0.25) is 11.8 Å². The lowest BCUT2D eigenvalue weighted by atomic mass is 9.59. The Balaban J connectivity index is 1.52. The van der Waals surface area contributed by atoms with Crippen LogP contribution in [0.15, 0.2) is 133 Å². The fourth-order valence-corrected chi connectivity index (χ4v) is 8.71. The number of rotatable bonds is 6. The Kier molecular flexibility index (Phi) is 6.92. The lowest BCUT2D eigenvalue weighted by Gasteiger charge is -2.39. The van der Waals surface area contributed by atoms with E-state index in [1.54, 1.807) is 72.8 Å². The van der Waals surface area contributed by atoms with E-state index >= 15 is 14.4 Å². The van der Waals surface area contributed by atoms with Crippen LogP contribution >= 0.6 is 23.2 Å². The molecule has 0 spiro atoms. The quantitative estimate of drug-likeness (QED) is 0.135. The molecule has 3 aliphatic rings. The minimum atomic E-state index is -1.55. The van der Waals surface area contributed by atoms with Gasteiger partial charge in [0.05, 0.1) is 28.4 Å². The summed E-state index contributed by atoms with van der Waals surface area (Å²) < 4.78 is 0. The first-order chi connectivity index (χ1) is 23.2. The van der Waals surface area contributed by atoms with Gasteiger partial charge in [-0.15, -0.1) is 0 Å². The van der Waals surface area contributed by atoms with Crippen molar-refractivity contribution >= 4 is 63.4 Å². The zero-order valence-electron chi connectivity index (χ0n) is 25.7. The third-order valence-corrected chi connectivity index (χ3v) is 10.8. The van der Waals surface area contributed by atoms with Crippen LogP contribution in [-0.2, 0) is 25.2 Å². The van der Waals surface area contributed by atoms with E-state index in [0.29, 0.717) is 43.6 Å². The Hall–Kier alpha value is -5.10. The van der Waals surface area contributed by atoms with Gasteiger partial charge in [0.1, 0.15) is 0 Å². The molecule has 5 aromatic carbocycles. The number of carbonyl (C=O) groups excluding carboxylic acids is 4. The van der Waals surface area contributed by atoms with Gasteiger partial charge >= 0.3 is 0 Å². The maximum absolute atomic E-state index is 15.9. The molecule has 5 nitrogen and oxygen atoms in total. The second-order valence-corrected chi connectivity index (χ2v) is 13.4. The molecular weight excluding hydrogens is 641 g/mol. The maximum atomic E-state index is 15.9. The van der Waals surface area contributed by atoms with Crippen LogP contribution in [0, 0.1) is 11.8 Å². The van der Waals surface area contributed by atoms with E-state index in [-0.39, 0.29) is 11.6 Å². The van der Waals surface area contributed by atoms with Gasteiger partial charge in [0, 0.05) is 15.6 Å². The van der Waals surface area contributed by atoms with Gasteiger partial charge in [-0.05, 0) is 88.9 Å². The molecule has 1 heterocycles. The van der Waals surface area contributed by atoms with Crippen LogP contribution in [0.4, 0.5) is 5.69 Å². The van der Waals surface area contributed by atoms with E-state index in [1.165, 1.54) is 11.8 Å². The number of Topliss-reactive ketones (excluding diaryl/α,β-unsaturated/α-hetero) is 2. The van der Waals surface area contributed by atoms with Gasteiger partial charge in [0.15, 0.2) is 11.6 Å². The molecule has 0 radical (unpaired) electrons. The molecule has 2 amide bonds. The molecule has 234 valence electrons. The summed E-state index contributed by atoms with van der Waals surface area (Å²) in [7, 11) is 0. The summed E-state index contributed by atoms with van der Waals surface area (Å²) in [5.74, 6) is -3.47. The average molecular weight is 669 g/mol. The summed E-state index contributed by atoms with van der Waals surface area (Å²) in [6.45, 7) is 1.46. The second kappa shape index (κ2) is 11.0. The molecule has 48 heavy (non-hydrogen) atoms. The Morgan fingerprint density at radius 2 is 0.958 bits per heavy atom. The van der Waals surface area contributed by atoms with Gasteiger partial charge in [-0.1, -0.05) is 108 Å². The SMILES string of the molecule is CC(=O)c1ccc(N2C(=O)[C@@H]3[C@H](C2=O)[C@@]2(c4ccc(Cl)cc4)C(=O)[C@@]3(c3ccc(Cl)cc3)C(c3ccccc3)=C2c2ccccc2)cc1. The molecule has 0 unspecified atom stereocenters. The van der Waals surface area contributed by atoms with E-state index in [9.17, 15) is 4.79 Å². The topological polar surface area (TPSA) is 71.5 Å². The van der Waals surface area contributed by atoms with Crippen LogP contribution in [0.3, 0.4) is 0 Å². The second-order valence-electron chi connectivity index (χ2n) is 12.5. The lowest BCUT2D eigenvalue weighted by Crippen LogP contribution is -2.45. The third kappa shape index (κ3) is 3.92. The number of allylic oxidation sites excluding steroid dienone is 2. The molecule has 0 N–H and O–H groups in total. The van der Waals surface area contributed by atoms with Crippen molar-refractivity contribution in [3.05, 3.63) is 171 Å². The summed E-state index contributed by atoms with van der Waals surface area (Å²) in [4.78, 5) is 59.4. The highest BCUT2D eigenvalue weighted by Crippen LogP contribution is 2.74. The van der Waals surface area contributed by atoms with Gasteiger partial charge in [0.25, 0.3) is 0 Å². The Labute approximate surface area is 287 Å². The molecule has 0 aromatic heterocycles. The average Bonchev–Trinajstić information content (AvgIpc) is 3.61. The number of carbonyl (C=O) groups is 4. The molecule has 8 rings (SSSR count). The number of amides is 2. The third-order valence-electron chi connectivity index (χ3n) is 10.3. The van der Waals surface area contributed by atoms with Crippen LogP contribution in [0.5, 0.6) is 0 Å². The van der Waals surface area contributed by atoms with Crippen molar-refractivity contribution < 1.29 is 19.2 Å². The standard InChI is InChI=1S/C41H27Cl2NO4/c1-24(45)25-12-22-32(23-13-25)44-37(46)35-36(38(44)47)41(29-16-20-31(43)21-17-29)34(27-10-6-3-7-11-27)33(26-8-4-2-5-9-26)40(35,39(41)48)28-14-18-30(42)19-15-28/h2-23,35-36H,1H3/t35-,36+,40-,41-/m0/s1. The zero-order chi connectivity index (χ0) is 33.4. The monoisotopic (exact) mass is 667 g/mol. The van der Waals surface area contributed by atoms with Crippen LogP contribution in [0.25, 0.3) is 11.1 Å². The first-order valence-corrected chi connectivity index (χ1v) is 16.4. The van der Waals surface area contributed by atoms with Crippen LogP contribution in [0.2, 0.25) is 10.0 Å². The number of nitrogens with zero attached hydrogens (tertiary/aromatic N) is 1. The maximum Gasteiger partial charge on any atom is 0.239 e. The molecule has 2 fully saturated rings. The minimum Gasteiger partial charge on any atom is -0.297 e. The lowest BCUT2D eigenvalue weighted by molar-refractivity contribution is -0.130. The summed E-state index contributed by atoms with van der Waals surface area (Å²) in [6.07, 6.45) is 0. The summed E-state index contributed by atoms with van der Waals surface area (Å²) in [5.41, 5.74) is 1.80. The zero-order valence-corrected chi connectivity index (χ0v) is 27.2. The van der Waals surface area contributed by atoms with Crippen molar-refractivity contribution in [2.75, 3.05) is 4.90 Å². The summed E-state index contributed by atoms with van der Waals surface area (Å²) >= 11 is 12.8. The first kappa shape index (κ1) is 30.2. The summed E-state index contributed by atoms with van der Waals surface area (Å²) in [6, 6.07) is 39.8. The predicted molar refractivity (Wildman–Crippen MR) is 187 cm³/mol. The number of imide groups is 1. The number of anilines is 1. The molecule has 7 heteroatoms. The van der Waals surface area contributed by atoms with Gasteiger partial charge in [-0.25, -0.2) is 4.90 Å². The van der Waals surface area contributed by atoms with Crippen molar-refractivity contribution in [3.63, 3.8) is 0 Å². The smallest absolute Gasteiger partial charge is 0.239 e. The van der Waals surface area contributed by atoms with Crippen LogP contribution < -0.4 is 4.90 Å². The molecule has 2 bridgehead atoms. The van der Waals surface area contributed by atoms with Crippen molar-refractivity contribution in [2.45, 2.75) is 17.8 Å². The minimum absolute atomic E-state index is 0.131. The Morgan fingerprint density at radius 1 is 0.562 bits per heavy atom. The van der Waals surface area contributed by atoms with Crippen molar-refractivity contribution in [1.82, 2.24) is 0 Å². The largest absolute Gasteiger partial charge is 0.297 e. The number of halogens is 2. The Morgan fingerprint density at radius 3 is 1.33 bits per heavy atom. The highest BCUT2D eigenvalue weighted by atomic mass is 35.5. The van der Waals surface area contributed by atoms with E-state index < -0.39 is 34.5 Å². The predicted octanol–water partition coefficient (Wildman–Crippen LogP) is 8.38. The van der Waals surface area contributed by atoms with Gasteiger partial charge in [-0.3, -0.25) is 19.2 Å². The molecule has 5 aromatic rings. The summed E-state index contributed by atoms with van der Waals surface area (Å²) in [5, 5.41) is 0.960. The first-order valence-electron chi connectivity index (χ1n) is 15.6. The molecule has 2 aliphatic carbocycles. The van der Waals surface area contributed by atoms with E-state index in [0.717, 1.165) is 11.1 Å². The molecule has 4 atom stereocenters. The Bertz CT molecular complexity index is 2050. The highest BCUT2D eigenvalue weighted by Gasteiger charge is 2.82. The number of hydrogen-bond donors (Lipinski definition) is 0. The fraction of sp³-hybridized carbons (Fsp3) is 0.122. The molecule has 1 aliphatic heterocycles. The van der Waals surface area contributed by atoms with Crippen molar-refractivity contribution in [3.8, 4) is 0 Å². The van der Waals surface area contributed by atoms with Gasteiger partial charge < -0.3 is 0 Å². The number of fused-ring (bicyclic) bond motifs is 5. The van der Waals surface area contributed by atoms with Crippen LogP contribution in [-0.4, -0.2) is 23.4 Å². The number of hydrogen-bond acceptors (Lipinski definition) is 4. The van der Waals surface area contributed by atoms with Crippen molar-refractivity contribution in [2.24, 2.45) is 11.8 Å². The molecule has 1 saturated carbocycles. The fourth-order valence-electron chi connectivity index (χ4n) is 8.46. The normalized spacial score (nSPS) is 24.4. The molecule has 1 saturated heterocycles.